The monoisotopic (exact) mass is 386 g/mol. The molecule has 0 amide bonds. The summed E-state index contributed by atoms with van der Waals surface area (Å²) < 4.78 is 32.8. The molecule has 6 nitrogen and oxygen atoms in total. The van der Waals surface area contributed by atoms with Crippen LogP contribution in [0.3, 0.4) is 0 Å². The molecule has 1 heterocycles. The van der Waals surface area contributed by atoms with Crippen LogP contribution in [0.15, 0.2) is 50.7 Å². The van der Waals surface area contributed by atoms with Crippen molar-refractivity contribution in [3.05, 3.63) is 51.4 Å². The summed E-state index contributed by atoms with van der Waals surface area (Å²) in [5.74, 6) is 0.578. The Bertz CT molecular complexity index is 813. The van der Waals surface area contributed by atoms with Crippen molar-refractivity contribution in [2.24, 2.45) is 0 Å². The van der Waals surface area contributed by atoms with Gasteiger partial charge in [-0.2, -0.15) is 0 Å². The van der Waals surface area contributed by atoms with E-state index in [1.54, 1.807) is 12.1 Å². The second kappa shape index (κ2) is 6.53. The van der Waals surface area contributed by atoms with E-state index < -0.39 is 15.6 Å². The van der Waals surface area contributed by atoms with Crippen molar-refractivity contribution in [2.45, 2.75) is 24.8 Å². The molecule has 2 N–H and O–H groups in total. The highest BCUT2D eigenvalue weighted by Gasteiger charge is 2.16. The van der Waals surface area contributed by atoms with Crippen molar-refractivity contribution in [1.82, 2.24) is 4.98 Å². The molecule has 0 unspecified atom stereocenters. The highest BCUT2D eigenvalue weighted by molar-refractivity contribution is 9.10. The van der Waals surface area contributed by atoms with Crippen LogP contribution in [0.25, 0.3) is 0 Å². The molecule has 0 saturated heterocycles. The molecule has 22 heavy (non-hydrogen) atoms. The highest BCUT2D eigenvalue weighted by Crippen LogP contribution is 2.19. The summed E-state index contributed by atoms with van der Waals surface area (Å²) in [6, 6.07) is 7.38. The maximum atomic E-state index is 12.3. The Morgan fingerprint density at radius 2 is 1.86 bits per heavy atom. The number of pyridine rings is 1. The molecule has 2 aromatic rings. The second-order valence-electron chi connectivity index (χ2n) is 4.80. The van der Waals surface area contributed by atoms with E-state index in [4.69, 9.17) is 4.74 Å². The largest absolute Gasteiger partial charge is 0.491 e. The molecule has 0 spiro atoms. The summed E-state index contributed by atoms with van der Waals surface area (Å²) in [7, 11) is -3.84. The highest BCUT2D eigenvalue weighted by atomic mass is 79.9. The minimum absolute atomic E-state index is 0.000750. The van der Waals surface area contributed by atoms with E-state index in [0.29, 0.717) is 10.2 Å². The van der Waals surface area contributed by atoms with E-state index >= 15 is 0 Å². The fourth-order valence-electron chi connectivity index (χ4n) is 1.71. The smallest absolute Gasteiger partial charge is 0.272 e. The Balaban J connectivity index is 2.27. The summed E-state index contributed by atoms with van der Waals surface area (Å²) in [5, 5.41) is 0. The zero-order valence-corrected chi connectivity index (χ0v) is 14.4. The number of rotatable bonds is 5. The lowest BCUT2D eigenvalue weighted by Crippen LogP contribution is -2.20. The van der Waals surface area contributed by atoms with Crippen LogP contribution in [0.4, 0.5) is 5.69 Å². The van der Waals surface area contributed by atoms with Crippen molar-refractivity contribution in [3.8, 4) is 5.75 Å². The maximum absolute atomic E-state index is 12.3. The van der Waals surface area contributed by atoms with Crippen LogP contribution in [0.1, 0.15) is 13.8 Å². The number of H-pyrrole nitrogens is 1. The van der Waals surface area contributed by atoms with Gasteiger partial charge in [-0.25, -0.2) is 8.42 Å². The van der Waals surface area contributed by atoms with Crippen LogP contribution in [0, 0.1) is 0 Å². The molecule has 8 heteroatoms. The van der Waals surface area contributed by atoms with Crippen molar-refractivity contribution in [3.63, 3.8) is 0 Å². The number of hydrogen-bond acceptors (Lipinski definition) is 4. The van der Waals surface area contributed by atoms with Crippen LogP contribution in [-0.2, 0) is 10.0 Å². The zero-order chi connectivity index (χ0) is 16.3. The SMILES string of the molecule is CC(C)Oc1ccc(S(=O)(=O)Nc2cc(Br)c[nH]c2=O)cc1. The molecule has 118 valence electrons. The minimum atomic E-state index is -3.84. The fourth-order valence-corrected chi connectivity index (χ4v) is 3.10. The molecule has 1 aromatic carbocycles. The zero-order valence-electron chi connectivity index (χ0n) is 12.0. The molecule has 0 fully saturated rings. The Kier molecular flexibility index (Phi) is 4.92. The molecule has 0 bridgehead atoms. The van der Waals surface area contributed by atoms with Gasteiger partial charge in [-0.15, -0.1) is 0 Å². The Morgan fingerprint density at radius 1 is 1.23 bits per heavy atom. The fraction of sp³-hybridized carbons (Fsp3) is 0.214. The molecule has 0 radical (unpaired) electrons. The van der Waals surface area contributed by atoms with Crippen molar-refractivity contribution in [2.75, 3.05) is 4.72 Å². The van der Waals surface area contributed by atoms with Gasteiger partial charge >= 0.3 is 0 Å². The number of halogens is 1. The van der Waals surface area contributed by atoms with Gasteiger partial charge in [-0.05, 0) is 60.1 Å². The summed E-state index contributed by atoms with van der Waals surface area (Å²) in [4.78, 5) is 14.1. The van der Waals surface area contributed by atoms with Gasteiger partial charge in [0.15, 0.2) is 0 Å². The van der Waals surface area contributed by atoms with E-state index in [9.17, 15) is 13.2 Å². The topological polar surface area (TPSA) is 88.3 Å². The molecular formula is C14H15BrN2O4S. The average molecular weight is 387 g/mol. The quantitative estimate of drug-likeness (QED) is 0.826. The van der Waals surface area contributed by atoms with Crippen LogP contribution < -0.4 is 15.0 Å². The number of sulfonamides is 1. The van der Waals surface area contributed by atoms with Crippen LogP contribution in [0.2, 0.25) is 0 Å². The van der Waals surface area contributed by atoms with E-state index in [-0.39, 0.29) is 16.7 Å². The predicted octanol–water partition coefficient (Wildman–Crippen LogP) is 2.73. The van der Waals surface area contributed by atoms with Crippen molar-refractivity contribution >= 4 is 31.6 Å². The van der Waals surface area contributed by atoms with Gasteiger partial charge < -0.3 is 9.72 Å². The second-order valence-corrected chi connectivity index (χ2v) is 7.40. The Hall–Kier alpha value is -1.80. The number of nitrogens with one attached hydrogen (secondary N) is 2. The van der Waals surface area contributed by atoms with Gasteiger partial charge in [0.1, 0.15) is 11.4 Å². The van der Waals surface area contributed by atoms with E-state index in [2.05, 4.69) is 25.6 Å². The van der Waals surface area contributed by atoms with Gasteiger partial charge in [0, 0.05) is 10.7 Å². The van der Waals surface area contributed by atoms with Crippen LogP contribution in [0.5, 0.6) is 5.75 Å². The molecule has 0 aliphatic carbocycles. The summed E-state index contributed by atoms with van der Waals surface area (Å²) >= 11 is 3.17. The van der Waals surface area contributed by atoms with Gasteiger partial charge in [-0.1, -0.05) is 0 Å². The van der Waals surface area contributed by atoms with Gasteiger partial charge in [0.05, 0.1) is 11.0 Å². The maximum Gasteiger partial charge on any atom is 0.272 e. The molecule has 2 rings (SSSR count). The Labute approximate surface area is 136 Å². The van der Waals surface area contributed by atoms with Crippen LogP contribution in [-0.4, -0.2) is 19.5 Å². The van der Waals surface area contributed by atoms with E-state index in [0.717, 1.165) is 0 Å². The number of aromatic nitrogens is 1. The van der Waals surface area contributed by atoms with Gasteiger partial charge in [0.25, 0.3) is 15.6 Å². The van der Waals surface area contributed by atoms with E-state index in [1.807, 2.05) is 13.8 Å². The van der Waals surface area contributed by atoms with Crippen molar-refractivity contribution < 1.29 is 13.2 Å². The van der Waals surface area contributed by atoms with Crippen molar-refractivity contribution in [1.29, 1.82) is 0 Å². The normalized spacial score (nSPS) is 11.5. The average Bonchev–Trinajstić information content (AvgIpc) is 2.42. The molecule has 0 atom stereocenters. The number of anilines is 1. The molecule has 0 saturated carbocycles. The minimum Gasteiger partial charge on any atom is -0.491 e. The number of hydrogen-bond donors (Lipinski definition) is 2. The first-order valence-corrected chi connectivity index (χ1v) is 8.73. The summed E-state index contributed by atoms with van der Waals surface area (Å²) in [5.41, 5.74) is -0.580. The third-order valence-electron chi connectivity index (χ3n) is 2.62. The first-order valence-electron chi connectivity index (χ1n) is 6.46. The molecule has 0 aliphatic rings. The lowest BCUT2D eigenvalue weighted by molar-refractivity contribution is 0.242. The third kappa shape index (κ3) is 4.11. The molecular weight excluding hydrogens is 372 g/mol. The Morgan fingerprint density at radius 3 is 2.45 bits per heavy atom. The first kappa shape index (κ1) is 16.6. The first-order chi connectivity index (χ1) is 10.3. The van der Waals surface area contributed by atoms with E-state index in [1.165, 1.54) is 24.4 Å². The number of ether oxygens (including phenoxy) is 1. The number of aromatic amines is 1. The van der Waals surface area contributed by atoms with Crippen LogP contribution >= 0.6 is 15.9 Å². The third-order valence-corrected chi connectivity index (χ3v) is 4.46. The standard InChI is InChI=1S/C14H15BrN2O4S/c1-9(2)21-11-3-5-12(6-4-11)22(19,20)17-13-7-10(15)8-16-14(13)18/h3-9,17H,1-2H3,(H,16,18). The molecule has 1 aromatic heterocycles. The van der Waals surface area contributed by atoms with Gasteiger partial charge in [-0.3, -0.25) is 9.52 Å². The summed E-state index contributed by atoms with van der Waals surface area (Å²) in [6.07, 6.45) is 1.43. The van der Waals surface area contributed by atoms with Gasteiger partial charge in [0.2, 0.25) is 0 Å². The predicted molar refractivity (Wildman–Crippen MR) is 87.8 cm³/mol. The number of benzene rings is 1. The summed E-state index contributed by atoms with van der Waals surface area (Å²) in [6.45, 7) is 3.76. The molecule has 0 aliphatic heterocycles. The lowest BCUT2D eigenvalue weighted by Gasteiger charge is -2.11. The lowest BCUT2D eigenvalue weighted by atomic mass is 10.3.